The van der Waals surface area contributed by atoms with Gasteiger partial charge in [-0.1, -0.05) is 6.07 Å². The van der Waals surface area contributed by atoms with Crippen LogP contribution < -0.4 is 9.47 Å². The predicted octanol–water partition coefficient (Wildman–Crippen LogP) is 3.48. The Kier molecular flexibility index (Phi) is 7.34. The quantitative estimate of drug-likeness (QED) is 0.491. The van der Waals surface area contributed by atoms with Crippen LogP contribution in [0.4, 0.5) is 5.69 Å². The number of aliphatic carboxylic acids is 1. The van der Waals surface area contributed by atoms with Gasteiger partial charge in [0.1, 0.15) is 6.61 Å². The Labute approximate surface area is 163 Å². The molecule has 8 nitrogen and oxygen atoms in total. The molecule has 2 aromatic rings. The van der Waals surface area contributed by atoms with Gasteiger partial charge in [0.25, 0.3) is 5.69 Å². The summed E-state index contributed by atoms with van der Waals surface area (Å²) in [6, 6.07) is 11.7. The fraction of sp³-hybridized carbons (Fsp3) is 0.350. The van der Waals surface area contributed by atoms with Gasteiger partial charge in [-0.15, -0.1) is 0 Å². The van der Waals surface area contributed by atoms with Crippen molar-refractivity contribution in [2.45, 2.75) is 33.0 Å². The second-order valence-corrected chi connectivity index (χ2v) is 6.59. The Hall–Kier alpha value is -3.13. The lowest BCUT2D eigenvalue weighted by molar-refractivity contribution is -0.384. The molecule has 0 bridgehead atoms. The number of hydrogen-bond donors (Lipinski definition) is 1. The van der Waals surface area contributed by atoms with Gasteiger partial charge in [-0.3, -0.25) is 19.8 Å². The van der Waals surface area contributed by atoms with E-state index < -0.39 is 10.9 Å². The third kappa shape index (κ3) is 5.95. The number of nitrogens with zero attached hydrogens (tertiary/aromatic N) is 2. The monoisotopic (exact) mass is 388 g/mol. The summed E-state index contributed by atoms with van der Waals surface area (Å²) < 4.78 is 11.2. The van der Waals surface area contributed by atoms with Gasteiger partial charge >= 0.3 is 5.97 Å². The molecule has 0 aliphatic heterocycles. The molecule has 0 aliphatic carbocycles. The molecule has 0 saturated heterocycles. The topological polar surface area (TPSA) is 102 Å². The van der Waals surface area contributed by atoms with E-state index >= 15 is 0 Å². The number of hydrogen-bond acceptors (Lipinski definition) is 6. The lowest BCUT2D eigenvalue weighted by Gasteiger charge is -2.25. The first-order valence-electron chi connectivity index (χ1n) is 8.79. The smallest absolute Gasteiger partial charge is 0.317 e. The van der Waals surface area contributed by atoms with Crippen molar-refractivity contribution in [3.63, 3.8) is 0 Å². The maximum atomic E-state index is 11.0. The number of rotatable bonds is 10. The molecule has 0 aliphatic rings. The third-order valence-electron chi connectivity index (χ3n) is 4.22. The highest BCUT2D eigenvalue weighted by atomic mass is 16.6. The van der Waals surface area contributed by atoms with Gasteiger partial charge in [0, 0.05) is 24.7 Å². The van der Waals surface area contributed by atoms with E-state index in [1.165, 1.54) is 19.2 Å². The Morgan fingerprint density at radius 2 is 1.79 bits per heavy atom. The van der Waals surface area contributed by atoms with Gasteiger partial charge in [0.05, 0.1) is 18.6 Å². The van der Waals surface area contributed by atoms with E-state index in [4.69, 9.17) is 14.6 Å². The molecule has 2 aromatic carbocycles. The molecule has 0 fully saturated rings. The Bertz CT molecular complexity index is 820. The van der Waals surface area contributed by atoms with Crippen molar-refractivity contribution in [2.24, 2.45) is 0 Å². The molecule has 28 heavy (non-hydrogen) atoms. The van der Waals surface area contributed by atoms with Crippen molar-refractivity contribution in [3.05, 3.63) is 63.7 Å². The Morgan fingerprint density at radius 1 is 1.14 bits per heavy atom. The van der Waals surface area contributed by atoms with Crippen molar-refractivity contribution in [2.75, 3.05) is 13.7 Å². The number of nitro groups is 1. The zero-order chi connectivity index (χ0) is 20.7. The van der Waals surface area contributed by atoms with Gasteiger partial charge in [0.15, 0.2) is 11.5 Å². The summed E-state index contributed by atoms with van der Waals surface area (Å²) in [6.45, 7) is 4.57. The highest BCUT2D eigenvalue weighted by Crippen LogP contribution is 2.29. The van der Waals surface area contributed by atoms with E-state index in [2.05, 4.69) is 0 Å². The van der Waals surface area contributed by atoms with Gasteiger partial charge in [-0.2, -0.15) is 0 Å². The van der Waals surface area contributed by atoms with Crippen molar-refractivity contribution < 1.29 is 24.3 Å². The molecule has 150 valence electrons. The number of nitro benzene ring substituents is 1. The summed E-state index contributed by atoms with van der Waals surface area (Å²) in [6.07, 6.45) is 0. The molecule has 0 unspecified atom stereocenters. The zero-order valence-electron chi connectivity index (χ0n) is 16.1. The van der Waals surface area contributed by atoms with Crippen LogP contribution in [-0.4, -0.2) is 40.6 Å². The fourth-order valence-electron chi connectivity index (χ4n) is 2.63. The minimum Gasteiger partial charge on any atom is -0.493 e. The van der Waals surface area contributed by atoms with Gasteiger partial charge in [-0.05, 0) is 49.2 Å². The molecule has 0 amide bonds. The molecule has 0 radical (unpaired) electrons. The van der Waals surface area contributed by atoms with Crippen LogP contribution in [0.25, 0.3) is 0 Å². The Morgan fingerprint density at radius 3 is 2.32 bits per heavy atom. The number of carboxylic acid groups (broad SMARTS) is 1. The minimum absolute atomic E-state index is 0.0294. The standard InChI is InChI=1S/C20H24N2O6/c1-14(2)21(12-20(23)24)11-16-6-9-18(19(10-16)27-3)28-13-15-4-7-17(8-5-15)22(25)26/h4-10,14H,11-13H2,1-3H3,(H,23,24). The first-order chi connectivity index (χ1) is 13.3. The average Bonchev–Trinajstić information content (AvgIpc) is 2.66. The second-order valence-electron chi connectivity index (χ2n) is 6.59. The lowest BCUT2D eigenvalue weighted by atomic mass is 10.1. The van der Waals surface area contributed by atoms with Crippen LogP contribution in [0.1, 0.15) is 25.0 Å². The fourth-order valence-corrected chi connectivity index (χ4v) is 2.63. The van der Waals surface area contributed by atoms with E-state index in [1.807, 2.05) is 30.9 Å². The average molecular weight is 388 g/mol. The molecule has 0 aromatic heterocycles. The van der Waals surface area contributed by atoms with Crippen LogP contribution in [0.15, 0.2) is 42.5 Å². The van der Waals surface area contributed by atoms with Crippen LogP contribution in [-0.2, 0) is 17.9 Å². The Balaban J connectivity index is 2.07. The number of non-ortho nitro benzene ring substituents is 1. The number of methoxy groups -OCH3 is 1. The summed E-state index contributed by atoms with van der Waals surface area (Å²) in [7, 11) is 1.54. The number of carbonyl (C=O) groups is 1. The van der Waals surface area contributed by atoms with Crippen molar-refractivity contribution in [3.8, 4) is 11.5 Å². The van der Waals surface area contributed by atoms with Crippen molar-refractivity contribution in [1.29, 1.82) is 0 Å². The third-order valence-corrected chi connectivity index (χ3v) is 4.22. The van der Waals surface area contributed by atoms with Crippen LogP contribution in [0.2, 0.25) is 0 Å². The number of carboxylic acids is 1. The molecular weight excluding hydrogens is 364 g/mol. The molecule has 0 saturated carbocycles. The van der Waals surface area contributed by atoms with E-state index in [-0.39, 0.29) is 24.9 Å². The van der Waals surface area contributed by atoms with E-state index in [9.17, 15) is 14.9 Å². The zero-order valence-corrected chi connectivity index (χ0v) is 16.1. The van der Waals surface area contributed by atoms with Gasteiger partial charge in [0.2, 0.25) is 0 Å². The molecule has 8 heteroatoms. The highest BCUT2D eigenvalue weighted by molar-refractivity contribution is 5.69. The largest absolute Gasteiger partial charge is 0.493 e. The van der Waals surface area contributed by atoms with E-state index in [0.29, 0.717) is 18.0 Å². The molecule has 1 N–H and O–H groups in total. The molecule has 0 spiro atoms. The van der Waals surface area contributed by atoms with Gasteiger partial charge < -0.3 is 14.6 Å². The summed E-state index contributed by atoms with van der Waals surface area (Å²) in [5.41, 5.74) is 1.74. The van der Waals surface area contributed by atoms with E-state index in [0.717, 1.165) is 11.1 Å². The summed E-state index contributed by atoms with van der Waals surface area (Å²) >= 11 is 0. The normalized spacial score (nSPS) is 10.9. The minimum atomic E-state index is -0.872. The van der Waals surface area contributed by atoms with Crippen LogP contribution in [0.5, 0.6) is 11.5 Å². The first kappa shape index (κ1) is 21.2. The summed E-state index contributed by atoms with van der Waals surface area (Å²) in [5, 5.41) is 19.8. The maximum Gasteiger partial charge on any atom is 0.317 e. The molecule has 0 heterocycles. The lowest BCUT2D eigenvalue weighted by Crippen LogP contribution is -2.35. The van der Waals surface area contributed by atoms with Crippen molar-refractivity contribution in [1.82, 2.24) is 4.90 Å². The van der Waals surface area contributed by atoms with E-state index in [1.54, 1.807) is 18.2 Å². The van der Waals surface area contributed by atoms with Gasteiger partial charge in [-0.25, -0.2) is 0 Å². The first-order valence-corrected chi connectivity index (χ1v) is 8.79. The van der Waals surface area contributed by atoms with Crippen LogP contribution >= 0.6 is 0 Å². The second kappa shape index (κ2) is 9.70. The summed E-state index contributed by atoms with van der Waals surface area (Å²) in [4.78, 5) is 23.1. The van der Waals surface area contributed by atoms with Crippen LogP contribution in [0, 0.1) is 10.1 Å². The number of ether oxygens (including phenoxy) is 2. The SMILES string of the molecule is COc1cc(CN(CC(=O)O)C(C)C)ccc1OCc1ccc([N+](=O)[O-])cc1. The van der Waals surface area contributed by atoms with Crippen molar-refractivity contribution >= 4 is 11.7 Å². The summed E-state index contributed by atoms with van der Waals surface area (Å²) in [5.74, 6) is 0.209. The number of benzene rings is 2. The highest BCUT2D eigenvalue weighted by Gasteiger charge is 2.15. The van der Waals surface area contributed by atoms with Crippen LogP contribution in [0.3, 0.4) is 0 Å². The molecule has 2 rings (SSSR count). The predicted molar refractivity (Wildman–Crippen MR) is 104 cm³/mol. The molecule has 0 atom stereocenters. The molecular formula is C20H24N2O6. The maximum absolute atomic E-state index is 11.0.